The van der Waals surface area contributed by atoms with E-state index in [4.69, 9.17) is 4.74 Å². The highest BCUT2D eigenvalue weighted by Gasteiger charge is 2.26. The number of alkyl halides is 3. The first-order chi connectivity index (χ1) is 10.3. The molecule has 0 aliphatic carbocycles. The number of hydrogen-bond donors (Lipinski definition) is 0. The Morgan fingerprint density at radius 3 is 2.18 bits per heavy atom. The van der Waals surface area contributed by atoms with Crippen molar-refractivity contribution in [2.75, 3.05) is 6.61 Å². The molecule has 0 bridgehead atoms. The number of hydrogen-bond acceptors (Lipinski definition) is 1. The highest BCUT2D eigenvalue weighted by atomic mass is 19.4. The van der Waals surface area contributed by atoms with Crippen LogP contribution in [0.25, 0.3) is 11.1 Å². The van der Waals surface area contributed by atoms with Gasteiger partial charge in [-0.05, 0) is 36.6 Å². The lowest BCUT2D eigenvalue weighted by Gasteiger charge is -2.10. The second kappa shape index (κ2) is 6.81. The molecule has 0 saturated heterocycles. The second-order valence-corrected chi connectivity index (χ2v) is 5.08. The van der Waals surface area contributed by atoms with E-state index in [1.54, 1.807) is 6.07 Å². The zero-order valence-electron chi connectivity index (χ0n) is 12.1. The summed E-state index contributed by atoms with van der Waals surface area (Å²) in [5, 5.41) is 0. The van der Waals surface area contributed by atoms with E-state index in [1.807, 2.05) is 31.2 Å². The van der Waals surface area contributed by atoms with Crippen molar-refractivity contribution < 1.29 is 22.3 Å². The lowest BCUT2D eigenvalue weighted by Crippen LogP contribution is -2.10. The number of halogens is 4. The van der Waals surface area contributed by atoms with E-state index in [1.165, 1.54) is 12.1 Å². The normalized spacial score (nSPS) is 11.5. The van der Waals surface area contributed by atoms with Crippen LogP contribution >= 0.6 is 0 Å². The fraction of sp³-hybridized carbons (Fsp3) is 0.294. The minimum absolute atomic E-state index is 0.0296. The molecule has 5 heteroatoms. The van der Waals surface area contributed by atoms with Crippen LogP contribution in [0.5, 0.6) is 5.75 Å². The van der Waals surface area contributed by atoms with Crippen LogP contribution in [0, 0.1) is 12.7 Å². The Hall–Kier alpha value is -2.04. The summed E-state index contributed by atoms with van der Waals surface area (Å²) in [6, 6.07) is 12.1. The summed E-state index contributed by atoms with van der Waals surface area (Å²) in [7, 11) is 0. The van der Waals surface area contributed by atoms with Crippen molar-refractivity contribution in [1.82, 2.24) is 0 Å². The van der Waals surface area contributed by atoms with Gasteiger partial charge < -0.3 is 4.74 Å². The monoisotopic (exact) mass is 312 g/mol. The molecule has 0 saturated carbocycles. The van der Waals surface area contributed by atoms with Gasteiger partial charge >= 0.3 is 6.18 Å². The standard InChI is InChI=1S/C17H16F4O/c1-12-3-5-13(6-4-12)14-7-8-16(15(18)11-14)22-10-2-9-17(19,20)21/h3-8,11H,2,9-10H2,1H3. The number of rotatable bonds is 5. The van der Waals surface area contributed by atoms with E-state index in [9.17, 15) is 17.6 Å². The summed E-state index contributed by atoms with van der Waals surface area (Å²) in [6.07, 6.45) is -5.34. The Bertz CT molecular complexity index is 618. The van der Waals surface area contributed by atoms with E-state index in [0.717, 1.165) is 11.1 Å². The quantitative estimate of drug-likeness (QED) is 0.521. The van der Waals surface area contributed by atoms with Crippen LogP contribution in [0.15, 0.2) is 42.5 Å². The zero-order valence-corrected chi connectivity index (χ0v) is 12.1. The molecule has 0 aromatic heterocycles. The minimum atomic E-state index is -4.21. The summed E-state index contributed by atoms with van der Waals surface area (Å²) in [4.78, 5) is 0. The topological polar surface area (TPSA) is 9.23 Å². The SMILES string of the molecule is Cc1ccc(-c2ccc(OCCCC(F)(F)F)c(F)c2)cc1. The lowest BCUT2D eigenvalue weighted by atomic mass is 10.0. The fourth-order valence-electron chi connectivity index (χ4n) is 2.00. The molecule has 0 N–H and O–H groups in total. The van der Waals surface area contributed by atoms with Crippen LogP contribution in [0.1, 0.15) is 18.4 Å². The van der Waals surface area contributed by atoms with Gasteiger partial charge in [-0.15, -0.1) is 0 Å². The van der Waals surface area contributed by atoms with Crippen molar-refractivity contribution in [3.63, 3.8) is 0 Å². The molecule has 22 heavy (non-hydrogen) atoms. The molecule has 118 valence electrons. The van der Waals surface area contributed by atoms with Crippen LogP contribution in [-0.2, 0) is 0 Å². The Morgan fingerprint density at radius 2 is 1.59 bits per heavy atom. The van der Waals surface area contributed by atoms with Crippen LogP contribution < -0.4 is 4.74 Å². The van der Waals surface area contributed by atoms with E-state index in [-0.39, 0.29) is 18.8 Å². The van der Waals surface area contributed by atoms with E-state index in [2.05, 4.69) is 0 Å². The zero-order chi connectivity index (χ0) is 16.2. The average molecular weight is 312 g/mol. The van der Waals surface area contributed by atoms with E-state index in [0.29, 0.717) is 5.56 Å². The summed E-state index contributed by atoms with van der Waals surface area (Å²) >= 11 is 0. The van der Waals surface area contributed by atoms with Crippen molar-refractivity contribution >= 4 is 0 Å². The molecule has 2 rings (SSSR count). The Balaban J connectivity index is 1.99. The highest BCUT2D eigenvalue weighted by molar-refractivity contribution is 5.64. The van der Waals surface area contributed by atoms with Gasteiger partial charge in [0.05, 0.1) is 6.61 Å². The molecule has 0 fully saturated rings. The van der Waals surface area contributed by atoms with Gasteiger partial charge in [-0.25, -0.2) is 4.39 Å². The largest absolute Gasteiger partial charge is 0.491 e. The number of ether oxygens (including phenoxy) is 1. The van der Waals surface area contributed by atoms with Crippen molar-refractivity contribution in [2.45, 2.75) is 25.9 Å². The van der Waals surface area contributed by atoms with E-state index >= 15 is 0 Å². The molecule has 0 heterocycles. The van der Waals surface area contributed by atoms with Crippen LogP contribution in [0.4, 0.5) is 17.6 Å². The molecule has 0 amide bonds. The maximum absolute atomic E-state index is 13.9. The Kier molecular flexibility index (Phi) is 5.06. The number of benzene rings is 2. The second-order valence-electron chi connectivity index (χ2n) is 5.08. The van der Waals surface area contributed by atoms with Gasteiger partial charge in [0.1, 0.15) is 0 Å². The van der Waals surface area contributed by atoms with Gasteiger partial charge in [0.25, 0.3) is 0 Å². The van der Waals surface area contributed by atoms with Gasteiger partial charge in [-0.2, -0.15) is 13.2 Å². The first kappa shape index (κ1) is 16.3. The third kappa shape index (κ3) is 4.76. The molecule has 1 nitrogen and oxygen atoms in total. The van der Waals surface area contributed by atoms with Gasteiger partial charge in [-0.1, -0.05) is 35.9 Å². The van der Waals surface area contributed by atoms with E-state index < -0.39 is 18.4 Å². The summed E-state index contributed by atoms with van der Waals surface area (Å²) in [5.74, 6) is -0.608. The Labute approximate surface area is 126 Å². The molecule has 2 aromatic rings. The summed E-state index contributed by atoms with van der Waals surface area (Å²) in [6.45, 7) is 1.79. The summed E-state index contributed by atoms with van der Waals surface area (Å²) in [5.41, 5.74) is 2.67. The van der Waals surface area contributed by atoms with Crippen molar-refractivity contribution in [3.05, 3.63) is 53.8 Å². The number of aryl methyl sites for hydroxylation is 1. The first-order valence-electron chi connectivity index (χ1n) is 6.91. The molecule has 2 aromatic carbocycles. The minimum Gasteiger partial charge on any atom is -0.491 e. The van der Waals surface area contributed by atoms with Gasteiger partial charge in [0.2, 0.25) is 0 Å². The molecule has 0 aliphatic heterocycles. The van der Waals surface area contributed by atoms with Crippen LogP contribution in [0.2, 0.25) is 0 Å². The molecule has 0 aliphatic rings. The van der Waals surface area contributed by atoms with Crippen LogP contribution in [-0.4, -0.2) is 12.8 Å². The predicted octanol–water partition coefficient (Wildman–Crippen LogP) is 5.52. The fourth-order valence-corrected chi connectivity index (χ4v) is 2.00. The third-order valence-corrected chi connectivity index (χ3v) is 3.18. The molecule has 0 unspecified atom stereocenters. The Morgan fingerprint density at radius 1 is 0.955 bits per heavy atom. The highest BCUT2D eigenvalue weighted by Crippen LogP contribution is 2.27. The summed E-state index contributed by atoms with van der Waals surface area (Å²) < 4.78 is 55.0. The average Bonchev–Trinajstić information content (AvgIpc) is 2.44. The molecule has 0 atom stereocenters. The van der Waals surface area contributed by atoms with Crippen molar-refractivity contribution in [2.24, 2.45) is 0 Å². The van der Waals surface area contributed by atoms with Gasteiger partial charge in [-0.3, -0.25) is 0 Å². The van der Waals surface area contributed by atoms with Crippen molar-refractivity contribution in [3.8, 4) is 16.9 Å². The van der Waals surface area contributed by atoms with Gasteiger partial charge in [0.15, 0.2) is 11.6 Å². The first-order valence-corrected chi connectivity index (χ1v) is 6.91. The molecule has 0 radical (unpaired) electrons. The lowest BCUT2D eigenvalue weighted by molar-refractivity contribution is -0.136. The smallest absolute Gasteiger partial charge is 0.389 e. The molecular formula is C17H16F4O. The molecular weight excluding hydrogens is 296 g/mol. The predicted molar refractivity (Wildman–Crippen MR) is 77.4 cm³/mol. The van der Waals surface area contributed by atoms with Gasteiger partial charge in [0, 0.05) is 6.42 Å². The maximum atomic E-state index is 13.9. The maximum Gasteiger partial charge on any atom is 0.389 e. The van der Waals surface area contributed by atoms with Crippen LogP contribution in [0.3, 0.4) is 0 Å². The molecule has 0 spiro atoms. The van der Waals surface area contributed by atoms with Crippen molar-refractivity contribution in [1.29, 1.82) is 0 Å². The third-order valence-electron chi connectivity index (χ3n) is 3.18.